The van der Waals surface area contributed by atoms with Crippen molar-refractivity contribution in [2.45, 2.75) is 6.04 Å². The number of piperidine rings is 2. The number of hydrogen-bond donors (Lipinski definition) is 1. The molecular weight excluding hydrogens is 174 g/mol. The number of fused-ring (bicyclic) bond motifs is 2. The maximum atomic E-state index is 6.23. The van der Waals surface area contributed by atoms with Crippen molar-refractivity contribution >= 4 is 0 Å². The van der Waals surface area contributed by atoms with Crippen LogP contribution in [-0.2, 0) is 0 Å². The molecule has 2 bridgehead atoms. The molecule has 0 aromatic heterocycles. The van der Waals surface area contributed by atoms with Gasteiger partial charge in [0, 0.05) is 38.8 Å². The van der Waals surface area contributed by atoms with Crippen molar-refractivity contribution < 1.29 is 0 Å². The molecule has 0 aromatic carbocycles. The molecule has 3 heteroatoms. The second kappa shape index (κ2) is 4.01. The van der Waals surface area contributed by atoms with Crippen LogP contribution in [0.2, 0.25) is 0 Å². The molecule has 2 rings (SSSR count). The Kier molecular flexibility index (Phi) is 2.91. The van der Waals surface area contributed by atoms with E-state index in [1.165, 1.54) is 0 Å². The van der Waals surface area contributed by atoms with Crippen LogP contribution >= 0.6 is 0 Å². The summed E-state index contributed by atoms with van der Waals surface area (Å²) in [6, 6.07) is 0.423. The van der Waals surface area contributed by atoms with Crippen LogP contribution in [0.15, 0.2) is 12.7 Å². The van der Waals surface area contributed by atoms with Crippen LogP contribution in [-0.4, -0.2) is 55.6 Å². The number of hydrogen-bond acceptors (Lipinski definition) is 3. The van der Waals surface area contributed by atoms with E-state index >= 15 is 0 Å². The van der Waals surface area contributed by atoms with Gasteiger partial charge in [-0.25, -0.2) is 0 Å². The Morgan fingerprint density at radius 3 is 2.36 bits per heavy atom. The molecule has 80 valence electrons. The summed E-state index contributed by atoms with van der Waals surface area (Å²) in [6.45, 7) is 9.43. The SMILES string of the molecule is C=CCN1CC2CN(C)CC(C1)C2N. The molecule has 2 atom stereocenters. The third-order valence-electron chi connectivity index (χ3n) is 3.55. The van der Waals surface area contributed by atoms with Gasteiger partial charge in [-0.05, 0) is 18.9 Å². The van der Waals surface area contributed by atoms with Gasteiger partial charge in [0.15, 0.2) is 0 Å². The maximum absolute atomic E-state index is 6.23. The third kappa shape index (κ3) is 1.85. The van der Waals surface area contributed by atoms with Gasteiger partial charge in [-0.2, -0.15) is 0 Å². The topological polar surface area (TPSA) is 32.5 Å². The molecule has 0 radical (unpaired) electrons. The molecule has 2 unspecified atom stereocenters. The van der Waals surface area contributed by atoms with Gasteiger partial charge in [0.25, 0.3) is 0 Å². The van der Waals surface area contributed by atoms with Crippen LogP contribution < -0.4 is 5.73 Å². The lowest BCUT2D eigenvalue weighted by Gasteiger charge is -2.48. The second-order valence-corrected chi connectivity index (χ2v) is 4.83. The molecule has 0 aromatic rings. The summed E-state index contributed by atoms with van der Waals surface area (Å²) in [5.74, 6) is 1.32. The second-order valence-electron chi connectivity index (χ2n) is 4.83. The van der Waals surface area contributed by atoms with Crippen LogP contribution in [0, 0.1) is 11.8 Å². The average Bonchev–Trinajstić information content (AvgIpc) is 2.09. The summed E-state index contributed by atoms with van der Waals surface area (Å²) in [4.78, 5) is 4.91. The fraction of sp³-hybridized carbons (Fsp3) is 0.818. The lowest BCUT2D eigenvalue weighted by molar-refractivity contribution is 0.0293. The smallest absolute Gasteiger partial charge is 0.0160 e. The van der Waals surface area contributed by atoms with Gasteiger partial charge in [-0.15, -0.1) is 6.58 Å². The van der Waals surface area contributed by atoms with Crippen LogP contribution in [0.1, 0.15) is 0 Å². The van der Waals surface area contributed by atoms with Gasteiger partial charge in [0.05, 0.1) is 0 Å². The van der Waals surface area contributed by atoms with Gasteiger partial charge in [0.1, 0.15) is 0 Å². The predicted molar refractivity (Wildman–Crippen MR) is 59.1 cm³/mol. The van der Waals surface area contributed by atoms with Crippen molar-refractivity contribution in [3.05, 3.63) is 12.7 Å². The highest BCUT2D eigenvalue weighted by Gasteiger charge is 2.38. The highest BCUT2D eigenvalue weighted by atomic mass is 15.2. The first-order valence-electron chi connectivity index (χ1n) is 5.48. The molecule has 0 spiro atoms. The largest absolute Gasteiger partial charge is 0.327 e. The molecule has 2 aliphatic heterocycles. The molecule has 0 aliphatic carbocycles. The van der Waals surface area contributed by atoms with E-state index in [9.17, 15) is 0 Å². The molecule has 2 saturated heterocycles. The number of rotatable bonds is 2. The Morgan fingerprint density at radius 2 is 1.86 bits per heavy atom. The molecule has 14 heavy (non-hydrogen) atoms. The Labute approximate surface area is 86.5 Å². The zero-order valence-corrected chi connectivity index (χ0v) is 9.02. The van der Waals surface area contributed by atoms with E-state index in [0.717, 1.165) is 32.7 Å². The fourth-order valence-electron chi connectivity index (χ4n) is 2.93. The maximum Gasteiger partial charge on any atom is 0.0160 e. The van der Waals surface area contributed by atoms with Gasteiger partial charge in [-0.1, -0.05) is 6.08 Å². The van der Waals surface area contributed by atoms with Crippen molar-refractivity contribution in [2.24, 2.45) is 17.6 Å². The molecule has 3 nitrogen and oxygen atoms in total. The third-order valence-corrected chi connectivity index (χ3v) is 3.55. The van der Waals surface area contributed by atoms with Crippen molar-refractivity contribution in [1.82, 2.24) is 9.80 Å². The average molecular weight is 195 g/mol. The highest BCUT2D eigenvalue weighted by Crippen LogP contribution is 2.26. The van der Waals surface area contributed by atoms with Crippen molar-refractivity contribution in [3.63, 3.8) is 0 Å². The zero-order chi connectivity index (χ0) is 10.1. The molecule has 2 fully saturated rings. The summed E-state index contributed by atoms with van der Waals surface area (Å²) in [7, 11) is 2.20. The lowest BCUT2D eigenvalue weighted by atomic mass is 9.80. The van der Waals surface area contributed by atoms with Crippen LogP contribution in [0.4, 0.5) is 0 Å². The van der Waals surface area contributed by atoms with Gasteiger partial charge >= 0.3 is 0 Å². The Hall–Kier alpha value is -0.380. The van der Waals surface area contributed by atoms with E-state index in [2.05, 4.69) is 23.4 Å². The first-order chi connectivity index (χ1) is 6.70. The number of nitrogens with zero attached hydrogens (tertiary/aromatic N) is 2. The predicted octanol–water partition coefficient (Wildman–Crippen LogP) is -0.00690. The molecule has 0 saturated carbocycles. The Morgan fingerprint density at radius 1 is 1.29 bits per heavy atom. The monoisotopic (exact) mass is 195 g/mol. The molecule has 2 aliphatic rings. The first-order valence-corrected chi connectivity index (χ1v) is 5.48. The summed E-state index contributed by atoms with van der Waals surface area (Å²) in [6.07, 6.45) is 2.00. The molecular formula is C11H21N3. The van der Waals surface area contributed by atoms with Crippen molar-refractivity contribution in [2.75, 3.05) is 39.8 Å². The standard InChI is InChI=1S/C11H21N3/c1-3-4-14-7-9-5-13(2)6-10(8-14)11(9)12/h3,9-11H,1,4-8,12H2,2H3. The minimum Gasteiger partial charge on any atom is -0.327 e. The van der Waals surface area contributed by atoms with E-state index in [1.807, 2.05) is 6.08 Å². The normalized spacial score (nSPS) is 39.7. The summed E-state index contributed by atoms with van der Waals surface area (Å²) < 4.78 is 0. The fourth-order valence-corrected chi connectivity index (χ4v) is 2.93. The van der Waals surface area contributed by atoms with Crippen LogP contribution in [0.3, 0.4) is 0 Å². The summed E-state index contributed by atoms with van der Waals surface area (Å²) in [5.41, 5.74) is 6.23. The minimum absolute atomic E-state index is 0.423. The number of nitrogens with two attached hydrogens (primary N) is 1. The van der Waals surface area contributed by atoms with Gasteiger partial charge < -0.3 is 10.6 Å². The summed E-state index contributed by atoms with van der Waals surface area (Å²) >= 11 is 0. The van der Waals surface area contributed by atoms with E-state index in [-0.39, 0.29) is 0 Å². The van der Waals surface area contributed by atoms with Crippen molar-refractivity contribution in [3.8, 4) is 0 Å². The van der Waals surface area contributed by atoms with Gasteiger partial charge in [-0.3, -0.25) is 4.90 Å². The van der Waals surface area contributed by atoms with Crippen molar-refractivity contribution in [1.29, 1.82) is 0 Å². The molecule has 0 amide bonds. The van der Waals surface area contributed by atoms with E-state index in [1.54, 1.807) is 0 Å². The van der Waals surface area contributed by atoms with E-state index < -0.39 is 0 Å². The summed E-state index contributed by atoms with van der Waals surface area (Å²) in [5, 5.41) is 0. The van der Waals surface area contributed by atoms with Crippen LogP contribution in [0.25, 0.3) is 0 Å². The quantitative estimate of drug-likeness (QED) is 0.629. The zero-order valence-electron chi connectivity index (χ0n) is 9.02. The first kappa shape index (κ1) is 10.1. The highest BCUT2D eigenvalue weighted by molar-refractivity contribution is 4.96. The molecule has 2 N–H and O–H groups in total. The Bertz CT molecular complexity index is 201. The Balaban J connectivity index is 2.01. The number of likely N-dealkylation sites (tertiary alicyclic amines) is 2. The minimum atomic E-state index is 0.423. The van der Waals surface area contributed by atoms with Gasteiger partial charge in [0.2, 0.25) is 0 Å². The molecule has 2 heterocycles. The van der Waals surface area contributed by atoms with E-state index in [0.29, 0.717) is 17.9 Å². The van der Waals surface area contributed by atoms with Crippen LogP contribution in [0.5, 0.6) is 0 Å². The van der Waals surface area contributed by atoms with E-state index in [4.69, 9.17) is 5.73 Å². The lowest BCUT2D eigenvalue weighted by Crippen LogP contribution is -2.62.